The van der Waals surface area contributed by atoms with E-state index in [-0.39, 0.29) is 25.2 Å². The van der Waals surface area contributed by atoms with Crippen LogP contribution in [0.1, 0.15) is 13.8 Å². The number of methoxy groups -OCH3 is 1. The molecule has 1 aliphatic rings. The van der Waals surface area contributed by atoms with E-state index in [2.05, 4.69) is 13.8 Å². The van der Waals surface area contributed by atoms with E-state index in [4.69, 9.17) is 19.9 Å². The van der Waals surface area contributed by atoms with E-state index in [1.807, 2.05) is 17.0 Å². The number of fused-ring (bicyclic) bond motifs is 1. The molecule has 122 valence electrons. The first-order valence-electron chi connectivity index (χ1n) is 7.47. The molecular weight excluding hydrogens is 284 g/mol. The Hall–Kier alpha value is -1.95. The second-order valence-electron chi connectivity index (χ2n) is 5.69. The lowest BCUT2D eigenvalue weighted by atomic mass is 10.0. The summed E-state index contributed by atoms with van der Waals surface area (Å²) >= 11 is 0. The van der Waals surface area contributed by atoms with Gasteiger partial charge in [-0.2, -0.15) is 0 Å². The van der Waals surface area contributed by atoms with E-state index in [0.717, 1.165) is 11.4 Å². The van der Waals surface area contributed by atoms with Crippen molar-refractivity contribution in [1.29, 1.82) is 0 Å². The van der Waals surface area contributed by atoms with Crippen molar-refractivity contribution >= 4 is 17.3 Å². The smallest absolute Gasteiger partial charge is 0.325 e. The van der Waals surface area contributed by atoms with Crippen LogP contribution in [0.3, 0.4) is 0 Å². The molecule has 22 heavy (non-hydrogen) atoms. The van der Waals surface area contributed by atoms with Gasteiger partial charge in [0.2, 0.25) is 0 Å². The Bertz CT molecular complexity index is 519. The quantitative estimate of drug-likeness (QED) is 0.490. The molecule has 0 saturated carbocycles. The van der Waals surface area contributed by atoms with Gasteiger partial charge in [0.25, 0.3) is 0 Å². The number of esters is 1. The van der Waals surface area contributed by atoms with Crippen molar-refractivity contribution < 1.29 is 19.0 Å². The summed E-state index contributed by atoms with van der Waals surface area (Å²) in [7, 11) is 1.57. The summed E-state index contributed by atoms with van der Waals surface area (Å²) in [6, 6.07) is 5.54. The molecular formula is C16H24N2O4. The SMILES string of the molecule is COCCOC(=O)CN1CC(C(C)C)Oc2cccc(N)c21. The topological polar surface area (TPSA) is 74.0 Å². The molecule has 0 fully saturated rings. The fourth-order valence-electron chi connectivity index (χ4n) is 2.41. The molecule has 0 aromatic heterocycles. The zero-order valence-electron chi connectivity index (χ0n) is 13.4. The van der Waals surface area contributed by atoms with Crippen LogP contribution < -0.4 is 15.4 Å². The van der Waals surface area contributed by atoms with Crippen molar-refractivity contribution in [3.63, 3.8) is 0 Å². The summed E-state index contributed by atoms with van der Waals surface area (Å²) in [5, 5.41) is 0. The zero-order valence-corrected chi connectivity index (χ0v) is 13.4. The number of para-hydroxylation sites is 1. The maximum atomic E-state index is 12.0. The summed E-state index contributed by atoms with van der Waals surface area (Å²) in [6.07, 6.45) is 0.0149. The van der Waals surface area contributed by atoms with E-state index in [1.165, 1.54) is 0 Å². The van der Waals surface area contributed by atoms with E-state index < -0.39 is 0 Å². The lowest BCUT2D eigenvalue weighted by Gasteiger charge is -2.38. The predicted molar refractivity (Wildman–Crippen MR) is 85.2 cm³/mol. The van der Waals surface area contributed by atoms with Gasteiger partial charge in [-0.15, -0.1) is 0 Å². The summed E-state index contributed by atoms with van der Waals surface area (Å²) in [5.41, 5.74) is 7.42. The summed E-state index contributed by atoms with van der Waals surface area (Å²) in [4.78, 5) is 13.9. The van der Waals surface area contributed by atoms with E-state index in [1.54, 1.807) is 13.2 Å². The molecule has 0 bridgehead atoms. The van der Waals surface area contributed by atoms with Crippen molar-refractivity contribution in [3.8, 4) is 5.75 Å². The number of ether oxygens (including phenoxy) is 3. The predicted octanol–water partition coefficient (Wildman–Crippen LogP) is 1.68. The fraction of sp³-hybridized carbons (Fsp3) is 0.562. The number of carbonyl (C=O) groups excluding carboxylic acids is 1. The molecule has 1 aromatic carbocycles. The van der Waals surface area contributed by atoms with Crippen LogP contribution in [0.5, 0.6) is 5.75 Å². The number of carbonyl (C=O) groups is 1. The Balaban J connectivity index is 2.13. The lowest BCUT2D eigenvalue weighted by molar-refractivity contribution is -0.143. The highest BCUT2D eigenvalue weighted by Gasteiger charge is 2.30. The van der Waals surface area contributed by atoms with Crippen LogP contribution in [0.2, 0.25) is 0 Å². The number of hydrogen-bond donors (Lipinski definition) is 1. The number of nitrogens with two attached hydrogens (primary N) is 1. The minimum atomic E-state index is -0.296. The van der Waals surface area contributed by atoms with Crippen LogP contribution >= 0.6 is 0 Å². The highest BCUT2D eigenvalue weighted by Crippen LogP contribution is 2.39. The van der Waals surface area contributed by atoms with Gasteiger partial charge in [-0.3, -0.25) is 4.79 Å². The van der Waals surface area contributed by atoms with Crippen LogP contribution in [0.4, 0.5) is 11.4 Å². The van der Waals surface area contributed by atoms with Gasteiger partial charge in [-0.1, -0.05) is 19.9 Å². The van der Waals surface area contributed by atoms with Gasteiger partial charge < -0.3 is 24.8 Å². The lowest BCUT2D eigenvalue weighted by Crippen LogP contribution is -2.45. The number of benzene rings is 1. The first kappa shape index (κ1) is 16.4. The first-order valence-corrected chi connectivity index (χ1v) is 7.47. The normalized spacial score (nSPS) is 17.1. The Morgan fingerprint density at radius 2 is 2.23 bits per heavy atom. The molecule has 1 aliphatic heterocycles. The monoisotopic (exact) mass is 308 g/mol. The number of anilines is 2. The van der Waals surface area contributed by atoms with Gasteiger partial charge in [0.1, 0.15) is 30.7 Å². The summed E-state index contributed by atoms with van der Waals surface area (Å²) in [6.45, 7) is 5.59. The van der Waals surface area contributed by atoms with Crippen molar-refractivity contribution in [2.45, 2.75) is 20.0 Å². The van der Waals surface area contributed by atoms with E-state index in [9.17, 15) is 4.79 Å². The molecule has 1 heterocycles. The zero-order chi connectivity index (χ0) is 16.1. The van der Waals surface area contributed by atoms with Crippen LogP contribution in [-0.4, -0.2) is 45.5 Å². The molecule has 6 nitrogen and oxygen atoms in total. The summed E-state index contributed by atoms with van der Waals surface area (Å²) in [5.74, 6) is 0.756. The maximum Gasteiger partial charge on any atom is 0.325 e. The van der Waals surface area contributed by atoms with Crippen LogP contribution in [0, 0.1) is 5.92 Å². The number of rotatable bonds is 6. The third-order valence-electron chi connectivity index (χ3n) is 3.64. The Morgan fingerprint density at radius 3 is 2.91 bits per heavy atom. The van der Waals surface area contributed by atoms with Gasteiger partial charge in [0, 0.05) is 7.11 Å². The van der Waals surface area contributed by atoms with Crippen molar-refractivity contribution in [1.82, 2.24) is 0 Å². The minimum Gasteiger partial charge on any atom is -0.486 e. The van der Waals surface area contributed by atoms with Crippen molar-refractivity contribution in [2.75, 3.05) is 44.0 Å². The van der Waals surface area contributed by atoms with Gasteiger partial charge in [0.05, 0.1) is 18.8 Å². The average Bonchev–Trinajstić information content (AvgIpc) is 2.47. The number of nitrogens with zero attached hydrogens (tertiary/aromatic N) is 1. The molecule has 1 unspecified atom stereocenters. The molecule has 0 aliphatic carbocycles. The number of hydrogen-bond acceptors (Lipinski definition) is 6. The molecule has 6 heteroatoms. The highest BCUT2D eigenvalue weighted by atomic mass is 16.6. The van der Waals surface area contributed by atoms with Gasteiger partial charge in [0.15, 0.2) is 0 Å². The van der Waals surface area contributed by atoms with Gasteiger partial charge >= 0.3 is 5.97 Å². The summed E-state index contributed by atoms with van der Waals surface area (Å²) < 4.78 is 16.0. The van der Waals surface area contributed by atoms with Gasteiger partial charge in [-0.05, 0) is 18.1 Å². The third-order valence-corrected chi connectivity index (χ3v) is 3.64. The second-order valence-corrected chi connectivity index (χ2v) is 5.69. The standard InChI is InChI=1S/C16H24N2O4/c1-11(2)14-9-18(10-15(19)21-8-7-20-3)16-12(17)5-4-6-13(16)22-14/h4-6,11,14H,7-10,17H2,1-3H3. The molecule has 2 rings (SSSR count). The molecule has 0 radical (unpaired) electrons. The van der Waals surface area contributed by atoms with Crippen LogP contribution in [0.15, 0.2) is 18.2 Å². The molecule has 0 saturated heterocycles. The van der Waals surface area contributed by atoms with E-state index in [0.29, 0.717) is 24.8 Å². The van der Waals surface area contributed by atoms with Crippen LogP contribution in [0.25, 0.3) is 0 Å². The Labute approximate surface area is 131 Å². The maximum absolute atomic E-state index is 12.0. The largest absolute Gasteiger partial charge is 0.486 e. The van der Waals surface area contributed by atoms with E-state index >= 15 is 0 Å². The molecule has 2 N–H and O–H groups in total. The number of nitrogen functional groups attached to an aromatic ring is 1. The Morgan fingerprint density at radius 1 is 1.45 bits per heavy atom. The molecule has 0 amide bonds. The Kier molecular flexibility index (Phi) is 5.49. The molecule has 1 aromatic rings. The van der Waals surface area contributed by atoms with Crippen molar-refractivity contribution in [3.05, 3.63) is 18.2 Å². The van der Waals surface area contributed by atoms with Crippen LogP contribution in [-0.2, 0) is 14.3 Å². The fourth-order valence-corrected chi connectivity index (χ4v) is 2.41. The van der Waals surface area contributed by atoms with Crippen molar-refractivity contribution in [2.24, 2.45) is 5.92 Å². The minimum absolute atomic E-state index is 0.0149. The average molecular weight is 308 g/mol. The molecule has 1 atom stereocenters. The first-order chi connectivity index (χ1) is 10.5. The highest BCUT2D eigenvalue weighted by molar-refractivity contribution is 5.82. The molecule has 0 spiro atoms. The second kappa shape index (κ2) is 7.35. The third kappa shape index (κ3) is 3.82. The van der Waals surface area contributed by atoms with Gasteiger partial charge in [-0.25, -0.2) is 0 Å².